The van der Waals surface area contributed by atoms with Crippen molar-refractivity contribution < 1.29 is 0 Å². The molecule has 0 aliphatic carbocycles. The van der Waals surface area contributed by atoms with Gasteiger partial charge in [0.25, 0.3) is 0 Å². The van der Waals surface area contributed by atoms with Crippen LogP contribution in [0.5, 0.6) is 0 Å². The van der Waals surface area contributed by atoms with E-state index >= 15 is 0 Å². The Labute approximate surface area is 114 Å². The van der Waals surface area contributed by atoms with E-state index in [1.165, 1.54) is 5.56 Å². The Bertz CT molecular complexity index is 505. The summed E-state index contributed by atoms with van der Waals surface area (Å²) in [6.45, 7) is 4.10. The fraction of sp³-hybridized carbons (Fsp3) is 0.333. The predicted octanol–water partition coefficient (Wildman–Crippen LogP) is 2.09. The summed E-state index contributed by atoms with van der Waals surface area (Å²) in [4.78, 5) is 8.77. The predicted molar refractivity (Wildman–Crippen MR) is 76.4 cm³/mol. The Kier molecular flexibility index (Phi) is 4.60. The summed E-state index contributed by atoms with van der Waals surface area (Å²) in [5.41, 5.74) is 7.19. The SMILES string of the molecule is CCc1ccc(CC(NN)c2ccc(C)nc2)nc1. The maximum atomic E-state index is 5.64. The van der Waals surface area contributed by atoms with Crippen molar-refractivity contribution in [2.75, 3.05) is 0 Å². The molecule has 0 fully saturated rings. The number of aromatic nitrogens is 2. The monoisotopic (exact) mass is 256 g/mol. The zero-order valence-corrected chi connectivity index (χ0v) is 11.4. The van der Waals surface area contributed by atoms with Gasteiger partial charge < -0.3 is 0 Å². The van der Waals surface area contributed by atoms with Crippen LogP contribution in [0.1, 0.15) is 35.5 Å². The molecule has 1 unspecified atom stereocenters. The third kappa shape index (κ3) is 3.59. The fourth-order valence-corrected chi connectivity index (χ4v) is 1.95. The number of hydrazine groups is 1. The van der Waals surface area contributed by atoms with Crippen molar-refractivity contribution in [1.82, 2.24) is 15.4 Å². The molecule has 2 heterocycles. The smallest absolute Gasteiger partial charge is 0.0530 e. The van der Waals surface area contributed by atoms with E-state index in [2.05, 4.69) is 34.5 Å². The molecule has 2 aromatic rings. The van der Waals surface area contributed by atoms with Gasteiger partial charge in [-0.1, -0.05) is 19.1 Å². The highest BCUT2D eigenvalue weighted by molar-refractivity contribution is 5.21. The van der Waals surface area contributed by atoms with E-state index in [0.717, 1.165) is 29.8 Å². The summed E-state index contributed by atoms with van der Waals surface area (Å²) in [5.74, 6) is 5.64. The van der Waals surface area contributed by atoms with E-state index in [4.69, 9.17) is 5.84 Å². The van der Waals surface area contributed by atoms with Crippen LogP contribution in [0.4, 0.5) is 0 Å². The number of nitrogens with one attached hydrogen (secondary N) is 1. The Morgan fingerprint density at radius 2 is 2.00 bits per heavy atom. The van der Waals surface area contributed by atoms with Crippen molar-refractivity contribution in [3.63, 3.8) is 0 Å². The van der Waals surface area contributed by atoms with Crippen molar-refractivity contribution in [1.29, 1.82) is 0 Å². The molecule has 0 amide bonds. The van der Waals surface area contributed by atoms with Gasteiger partial charge in [-0.3, -0.25) is 21.2 Å². The highest BCUT2D eigenvalue weighted by Gasteiger charge is 2.11. The third-order valence-electron chi connectivity index (χ3n) is 3.25. The van der Waals surface area contributed by atoms with Gasteiger partial charge in [-0.25, -0.2) is 0 Å². The first-order chi connectivity index (χ1) is 9.22. The van der Waals surface area contributed by atoms with Gasteiger partial charge in [0.05, 0.1) is 6.04 Å². The van der Waals surface area contributed by atoms with E-state index < -0.39 is 0 Å². The van der Waals surface area contributed by atoms with Gasteiger partial charge in [0.1, 0.15) is 0 Å². The maximum absolute atomic E-state index is 5.64. The average molecular weight is 256 g/mol. The van der Waals surface area contributed by atoms with Crippen molar-refractivity contribution in [3.05, 3.63) is 59.2 Å². The van der Waals surface area contributed by atoms with Gasteiger partial charge >= 0.3 is 0 Å². The quantitative estimate of drug-likeness (QED) is 0.635. The Morgan fingerprint density at radius 1 is 1.16 bits per heavy atom. The molecule has 0 saturated heterocycles. The van der Waals surface area contributed by atoms with Crippen LogP contribution in [0.25, 0.3) is 0 Å². The molecule has 0 aliphatic heterocycles. The lowest BCUT2D eigenvalue weighted by Crippen LogP contribution is -2.29. The molecular weight excluding hydrogens is 236 g/mol. The topological polar surface area (TPSA) is 63.8 Å². The number of hydrogen-bond donors (Lipinski definition) is 2. The van der Waals surface area contributed by atoms with E-state index in [1.807, 2.05) is 31.5 Å². The highest BCUT2D eigenvalue weighted by atomic mass is 15.2. The van der Waals surface area contributed by atoms with Gasteiger partial charge in [0, 0.05) is 30.2 Å². The third-order valence-corrected chi connectivity index (χ3v) is 3.25. The molecule has 0 bridgehead atoms. The summed E-state index contributed by atoms with van der Waals surface area (Å²) in [6.07, 6.45) is 5.55. The minimum atomic E-state index is 0.0353. The second-order valence-electron chi connectivity index (χ2n) is 4.67. The number of rotatable bonds is 5. The number of pyridine rings is 2. The maximum Gasteiger partial charge on any atom is 0.0530 e. The first-order valence-electron chi connectivity index (χ1n) is 6.55. The summed E-state index contributed by atoms with van der Waals surface area (Å²) in [6, 6.07) is 8.25. The van der Waals surface area contributed by atoms with E-state index in [1.54, 1.807) is 0 Å². The molecule has 0 radical (unpaired) electrons. The second-order valence-corrected chi connectivity index (χ2v) is 4.67. The molecule has 2 aromatic heterocycles. The van der Waals surface area contributed by atoms with E-state index in [-0.39, 0.29) is 6.04 Å². The molecule has 0 aliphatic rings. The molecule has 0 saturated carbocycles. The molecule has 4 nitrogen and oxygen atoms in total. The van der Waals surface area contributed by atoms with Crippen LogP contribution >= 0.6 is 0 Å². The summed E-state index contributed by atoms with van der Waals surface area (Å²) in [7, 11) is 0. The van der Waals surface area contributed by atoms with Crippen LogP contribution in [-0.2, 0) is 12.8 Å². The Hall–Kier alpha value is -1.78. The van der Waals surface area contributed by atoms with Crippen LogP contribution in [0, 0.1) is 6.92 Å². The van der Waals surface area contributed by atoms with Crippen LogP contribution in [0.2, 0.25) is 0 Å². The standard InChI is InChI=1S/C15H20N4/c1-3-12-5-7-14(18-9-12)8-15(19-16)13-6-4-11(2)17-10-13/h4-7,9-10,15,19H,3,8,16H2,1-2H3. The van der Waals surface area contributed by atoms with Gasteiger partial charge in [0.2, 0.25) is 0 Å². The molecule has 0 spiro atoms. The number of nitrogens with two attached hydrogens (primary N) is 1. The number of nitrogens with zero attached hydrogens (tertiary/aromatic N) is 2. The van der Waals surface area contributed by atoms with Crippen molar-refractivity contribution >= 4 is 0 Å². The molecule has 2 rings (SSSR count). The highest BCUT2D eigenvalue weighted by Crippen LogP contribution is 2.16. The largest absolute Gasteiger partial charge is 0.271 e. The van der Waals surface area contributed by atoms with E-state index in [0.29, 0.717) is 0 Å². The lowest BCUT2D eigenvalue weighted by Gasteiger charge is -2.15. The molecule has 3 N–H and O–H groups in total. The molecule has 0 aromatic carbocycles. The molecular formula is C15H20N4. The summed E-state index contributed by atoms with van der Waals surface area (Å²) >= 11 is 0. The van der Waals surface area contributed by atoms with Crippen LogP contribution in [0.15, 0.2) is 36.7 Å². The first kappa shape index (κ1) is 13.6. The number of aryl methyl sites for hydroxylation is 2. The van der Waals surface area contributed by atoms with Gasteiger partial charge in [0.15, 0.2) is 0 Å². The first-order valence-corrected chi connectivity index (χ1v) is 6.55. The van der Waals surface area contributed by atoms with Crippen molar-refractivity contribution in [2.45, 2.75) is 32.7 Å². The normalized spacial score (nSPS) is 12.4. The van der Waals surface area contributed by atoms with Gasteiger partial charge in [-0.2, -0.15) is 0 Å². The van der Waals surface area contributed by atoms with Crippen molar-refractivity contribution in [3.8, 4) is 0 Å². The van der Waals surface area contributed by atoms with Crippen molar-refractivity contribution in [2.24, 2.45) is 5.84 Å². The summed E-state index contributed by atoms with van der Waals surface area (Å²) < 4.78 is 0. The lowest BCUT2D eigenvalue weighted by atomic mass is 10.0. The van der Waals surface area contributed by atoms with E-state index in [9.17, 15) is 0 Å². The fourth-order valence-electron chi connectivity index (χ4n) is 1.95. The van der Waals surface area contributed by atoms with Crippen LogP contribution in [0.3, 0.4) is 0 Å². The van der Waals surface area contributed by atoms with Crippen LogP contribution in [-0.4, -0.2) is 9.97 Å². The zero-order valence-electron chi connectivity index (χ0n) is 11.4. The summed E-state index contributed by atoms with van der Waals surface area (Å²) in [5, 5.41) is 0. The molecule has 1 atom stereocenters. The van der Waals surface area contributed by atoms with Crippen LogP contribution < -0.4 is 11.3 Å². The zero-order chi connectivity index (χ0) is 13.7. The Balaban J connectivity index is 2.11. The minimum Gasteiger partial charge on any atom is -0.271 e. The average Bonchev–Trinajstić information content (AvgIpc) is 2.46. The van der Waals surface area contributed by atoms with Gasteiger partial charge in [-0.05, 0) is 36.6 Å². The Morgan fingerprint density at radius 3 is 2.53 bits per heavy atom. The lowest BCUT2D eigenvalue weighted by molar-refractivity contribution is 0.544. The second kappa shape index (κ2) is 6.41. The molecule has 4 heteroatoms. The van der Waals surface area contributed by atoms with Gasteiger partial charge in [-0.15, -0.1) is 0 Å². The number of hydrogen-bond acceptors (Lipinski definition) is 4. The minimum absolute atomic E-state index is 0.0353. The molecule has 100 valence electrons. The molecule has 19 heavy (non-hydrogen) atoms.